The monoisotopic (exact) mass is 196 g/mol. The van der Waals surface area contributed by atoms with Gasteiger partial charge in [-0.25, -0.2) is 0 Å². The highest BCUT2D eigenvalue weighted by Crippen LogP contribution is 2.10. The molecule has 0 unspecified atom stereocenters. The summed E-state index contributed by atoms with van der Waals surface area (Å²) in [5.41, 5.74) is 2.76. The first-order valence-corrected chi connectivity index (χ1v) is 5.39. The molecular weight excluding hydrogens is 180 g/mol. The minimum Gasteiger partial charge on any atom is -0.126 e. The summed E-state index contributed by atoms with van der Waals surface area (Å²) in [6.45, 7) is 4.49. The van der Waals surface area contributed by atoms with Crippen molar-refractivity contribution in [1.82, 2.24) is 0 Å². The molecule has 1 aromatic carbocycles. The van der Waals surface area contributed by atoms with Crippen LogP contribution in [0.2, 0.25) is 0 Å². The maximum Gasteiger partial charge on any atom is 0.0263 e. The van der Waals surface area contributed by atoms with Gasteiger partial charge in [-0.2, -0.15) is 0 Å². The Balaban J connectivity index is 2.59. The van der Waals surface area contributed by atoms with E-state index in [-0.39, 0.29) is 0 Å². The number of benzene rings is 1. The predicted octanol–water partition coefficient (Wildman–Crippen LogP) is 3.67. The molecule has 0 fully saturated rings. The molecule has 0 bridgehead atoms. The van der Waals surface area contributed by atoms with E-state index in [0.717, 1.165) is 12.3 Å². The zero-order valence-corrected chi connectivity index (χ0v) is 9.14. The highest BCUT2D eigenvalue weighted by atomic mass is 35.5. The molecule has 0 N–H and O–H groups in total. The van der Waals surface area contributed by atoms with Crippen molar-refractivity contribution in [1.29, 1.82) is 0 Å². The Kier molecular flexibility index (Phi) is 4.31. The van der Waals surface area contributed by atoms with E-state index in [1.807, 2.05) is 0 Å². The summed E-state index contributed by atoms with van der Waals surface area (Å²) in [7, 11) is 0. The zero-order valence-electron chi connectivity index (χ0n) is 8.39. The summed E-state index contributed by atoms with van der Waals surface area (Å²) >= 11 is 5.66. The predicted molar refractivity (Wildman–Crippen MR) is 59.4 cm³/mol. The second kappa shape index (κ2) is 5.29. The van der Waals surface area contributed by atoms with Crippen molar-refractivity contribution in [3.63, 3.8) is 0 Å². The van der Waals surface area contributed by atoms with Crippen molar-refractivity contribution >= 4 is 11.6 Å². The molecule has 1 heteroatoms. The van der Waals surface area contributed by atoms with E-state index < -0.39 is 0 Å². The lowest BCUT2D eigenvalue weighted by atomic mass is 10.0. The highest BCUT2D eigenvalue weighted by Gasteiger charge is 1.97. The minimum atomic E-state index is 0.712. The van der Waals surface area contributed by atoms with E-state index in [4.69, 9.17) is 11.6 Å². The van der Waals surface area contributed by atoms with Gasteiger partial charge in [0.1, 0.15) is 0 Å². The Bertz CT molecular complexity index is 236. The van der Waals surface area contributed by atoms with Gasteiger partial charge in [0.05, 0.1) is 0 Å². The molecule has 0 saturated heterocycles. The Morgan fingerprint density at radius 2 is 1.62 bits per heavy atom. The number of rotatable bonds is 4. The second-order valence-electron chi connectivity index (χ2n) is 3.85. The molecule has 0 amide bonds. The summed E-state index contributed by atoms with van der Waals surface area (Å²) in [6.07, 6.45) is 2.14. The third kappa shape index (κ3) is 3.82. The van der Waals surface area contributed by atoms with Gasteiger partial charge in [-0.3, -0.25) is 0 Å². The summed E-state index contributed by atoms with van der Waals surface area (Å²) in [5.74, 6) is 1.45. The minimum absolute atomic E-state index is 0.712. The van der Waals surface area contributed by atoms with Crippen molar-refractivity contribution in [2.45, 2.75) is 26.7 Å². The van der Waals surface area contributed by atoms with Gasteiger partial charge in [-0.15, -0.1) is 11.6 Å². The Morgan fingerprint density at radius 1 is 1.08 bits per heavy atom. The van der Waals surface area contributed by atoms with Crippen LogP contribution >= 0.6 is 11.6 Å². The van der Waals surface area contributed by atoms with Crippen LogP contribution in [0, 0.1) is 5.92 Å². The van der Waals surface area contributed by atoms with Gasteiger partial charge in [0, 0.05) is 5.88 Å². The molecule has 0 aromatic heterocycles. The van der Waals surface area contributed by atoms with Crippen LogP contribution in [0.5, 0.6) is 0 Å². The quantitative estimate of drug-likeness (QED) is 0.645. The van der Waals surface area contributed by atoms with Crippen LogP contribution in [-0.2, 0) is 12.8 Å². The molecule has 1 aromatic rings. The van der Waals surface area contributed by atoms with Crippen molar-refractivity contribution in [3.8, 4) is 0 Å². The van der Waals surface area contributed by atoms with E-state index in [2.05, 4.69) is 38.1 Å². The topological polar surface area (TPSA) is 0 Å². The number of halogens is 1. The van der Waals surface area contributed by atoms with Crippen LogP contribution < -0.4 is 0 Å². The summed E-state index contributed by atoms with van der Waals surface area (Å²) in [4.78, 5) is 0. The molecule has 0 heterocycles. The SMILES string of the molecule is CC(C)Cc1ccc(CCCl)cc1. The lowest BCUT2D eigenvalue weighted by molar-refractivity contribution is 0.647. The largest absolute Gasteiger partial charge is 0.126 e. The van der Waals surface area contributed by atoms with Gasteiger partial charge in [0.25, 0.3) is 0 Å². The fourth-order valence-electron chi connectivity index (χ4n) is 1.42. The van der Waals surface area contributed by atoms with E-state index in [9.17, 15) is 0 Å². The molecule has 0 radical (unpaired) electrons. The molecule has 0 atom stereocenters. The maximum atomic E-state index is 5.66. The first kappa shape index (κ1) is 10.6. The van der Waals surface area contributed by atoms with Crippen LogP contribution in [0.15, 0.2) is 24.3 Å². The van der Waals surface area contributed by atoms with Gasteiger partial charge in [0.2, 0.25) is 0 Å². The third-order valence-electron chi connectivity index (χ3n) is 2.05. The maximum absolute atomic E-state index is 5.66. The van der Waals surface area contributed by atoms with Crippen LogP contribution in [0.3, 0.4) is 0 Å². The Hall–Kier alpha value is -0.490. The summed E-state index contributed by atoms with van der Waals surface area (Å²) in [5, 5.41) is 0. The lowest BCUT2D eigenvalue weighted by Crippen LogP contribution is -1.94. The fourth-order valence-corrected chi connectivity index (χ4v) is 1.64. The van der Waals surface area contributed by atoms with E-state index in [1.165, 1.54) is 17.5 Å². The number of aryl methyl sites for hydroxylation is 1. The molecule has 0 aliphatic heterocycles. The normalized spacial score (nSPS) is 10.8. The summed E-state index contributed by atoms with van der Waals surface area (Å²) in [6, 6.07) is 8.78. The highest BCUT2D eigenvalue weighted by molar-refractivity contribution is 6.17. The molecule has 0 saturated carbocycles. The second-order valence-corrected chi connectivity index (χ2v) is 4.23. The van der Waals surface area contributed by atoms with Crippen molar-refractivity contribution in [2.75, 3.05) is 5.88 Å². The first-order chi connectivity index (χ1) is 6.22. The van der Waals surface area contributed by atoms with Gasteiger partial charge >= 0.3 is 0 Å². The van der Waals surface area contributed by atoms with Crippen LogP contribution in [-0.4, -0.2) is 5.88 Å². The zero-order chi connectivity index (χ0) is 9.68. The third-order valence-corrected chi connectivity index (χ3v) is 2.24. The lowest BCUT2D eigenvalue weighted by Gasteiger charge is -2.05. The molecule has 0 aliphatic rings. The fraction of sp³-hybridized carbons (Fsp3) is 0.500. The number of hydrogen-bond acceptors (Lipinski definition) is 0. The molecule has 0 spiro atoms. The standard InChI is InChI=1S/C12H17Cl/c1-10(2)9-12-5-3-11(4-6-12)7-8-13/h3-6,10H,7-9H2,1-2H3. The first-order valence-electron chi connectivity index (χ1n) is 4.86. The van der Waals surface area contributed by atoms with Gasteiger partial charge in [-0.1, -0.05) is 38.1 Å². The van der Waals surface area contributed by atoms with Crippen molar-refractivity contribution < 1.29 is 0 Å². The number of hydrogen-bond donors (Lipinski definition) is 0. The Morgan fingerprint density at radius 3 is 2.08 bits per heavy atom. The molecule has 72 valence electrons. The number of alkyl halides is 1. The van der Waals surface area contributed by atoms with Gasteiger partial charge in [-0.05, 0) is 29.9 Å². The van der Waals surface area contributed by atoms with Crippen LogP contribution in [0.25, 0.3) is 0 Å². The van der Waals surface area contributed by atoms with E-state index in [0.29, 0.717) is 5.88 Å². The molecule has 0 aliphatic carbocycles. The van der Waals surface area contributed by atoms with Gasteiger partial charge in [0.15, 0.2) is 0 Å². The Labute approximate surface area is 85.9 Å². The van der Waals surface area contributed by atoms with E-state index in [1.54, 1.807) is 0 Å². The van der Waals surface area contributed by atoms with Crippen molar-refractivity contribution in [2.24, 2.45) is 5.92 Å². The van der Waals surface area contributed by atoms with Crippen LogP contribution in [0.4, 0.5) is 0 Å². The molecular formula is C12H17Cl. The van der Waals surface area contributed by atoms with E-state index >= 15 is 0 Å². The average molecular weight is 197 g/mol. The summed E-state index contributed by atoms with van der Waals surface area (Å²) < 4.78 is 0. The molecule has 0 nitrogen and oxygen atoms in total. The molecule has 13 heavy (non-hydrogen) atoms. The van der Waals surface area contributed by atoms with Crippen molar-refractivity contribution in [3.05, 3.63) is 35.4 Å². The van der Waals surface area contributed by atoms with Crippen LogP contribution in [0.1, 0.15) is 25.0 Å². The smallest absolute Gasteiger partial charge is 0.0263 e. The van der Waals surface area contributed by atoms with Gasteiger partial charge < -0.3 is 0 Å². The average Bonchev–Trinajstić information content (AvgIpc) is 2.08. The molecule has 1 rings (SSSR count).